The van der Waals surface area contributed by atoms with E-state index < -0.39 is 0 Å². The van der Waals surface area contributed by atoms with Crippen molar-refractivity contribution in [2.45, 2.75) is 201 Å². The highest BCUT2D eigenvalue weighted by atomic mass is 15.1. The van der Waals surface area contributed by atoms with Gasteiger partial charge in [-0.25, -0.2) is 9.13 Å². The highest BCUT2D eigenvalue weighted by Crippen LogP contribution is 2.14. The van der Waals surface area contributed by atoms with Crippen molar-refractivity contribution in [3.63, 3.8) is 0 Å². The lowest BCUT2D eigenvalue weighted by atomic mass is 10.1. The monoisotopic (exact) mass is 504 g/mol. The van der Waals surface area contributed by atoms with E-state index in [9.17, 15) is 0 Å². The third-order valence-electron chi connectivity index (χ3n) is 8.10. The molecule has 2 heteroatoms. The zero-order valence-corrected chi connectivity index (χ0v) is 25.3. The Hall–Kier alpha value is -0.790. The van der Waals surface area contributed by atoms with E-state index in [4.69, 9.17) is 0 Å². The predicted molar refractivity (Wildman–Crippen MR) is 161 cm³/mol. The number of hydrogen-bond acceptors (Lipinski definition) is 0. The first-order chi connectivity index (χ1) is 17.8. The normalized spacial score (nSPS) is 11.5. The zero-order valence-electron chi connectivity index (χ0n) is 25.3. The van der Waals surface area contributed by atoms with E-state index >= 15 is 0 Å². The number of rotatable bonds is 28. The summed E-state index contributed by atoms with van der Waals surface area (Å²) in [4.78, 5) is 0. The fourth-order valence-electron chi connectivity index (χ4n) is 5.62. The van der Waals surface area contributed by atoms with Crippen LogP contribution >= 0.6 is 0 Å². The van der Waals surface area contributed by atoms with Gasteiger partial charge in [-0.2, -0.15) is 0 Å². The summed E-state index contributed by atoms with van der Waals surface area (Å²) in [7, 11) is 0. The van der Waals surface area contributed by atoms with Crippen LogP contribution in [0.4, 0.5) is 0 Å². The second-order valence-corrected chi connectivity index (χ2v) is 11.6. The van der Waals surface area contributed by atoms with E-state index in [0.29, 0.717) is 0 Å². The Morgan fingerprint density at radius 2 is 0.861 bits per heavy atom. The highest BCUT2D eigenvalue weighted by Gasteiger charge is 2.16. The fraction of sp³-hybridized carbons (Fsp3) is 0.912. The number of aryl methyl sites for hydroxylation is 2. The van der Waals surface area contributed by atoms with Crippen LogP contribution in [-0.4, -0.2) is 4.57 Å². The van der Waals surface area contributed by atoms with Crippen LogP contribution < -0.4 is 4.57 Å². The van der Waals surface area contributed by atoms with Gasteiger partial charge >= 0.3 is 0 Å². The molecule has 1 aromatic rings. The summed E-state index contributed by atoms with van der Waals surface area (Å²) >= 11 is 0. The van der Waals surface area contributed by atoms with Crippen molar-refractivity contribution in [1.82, 2.24) is 4.57 Å². The Balaban J connectivity index is 2.35. The SMILES string of the molecule is CCCCCCCCCCCn1cc[n+](CCCCCCCCCCC)c1CCCCCCCCC. The van der Waals surface area contributed by atoms with Crippen LogP contribution in [0.25, 0.3) is 0 Å². The lowest BCUT2D eigenvalue weighted by Crippen LogP contribution is -2.37. The van der Waals surface area contributed by atoms with Crippen molar-refractivity contribution in [2.75, 3.05) is 0 Å². The smallest absolute Gasteiger partial charge is 0.234 e. The second kappa shape index (κ2) is 25.8. The maximum Gasteiger partial charge on any atom is 0.256 e. The van der Waals surface area contributed by atoms with Crippen molar-refractivity contribution >= 4 is 0 Å². The van der Waals surface area contributed by atoms with Crippen molar-refractivity contribution in [3.05, 3.63) is 18.2 Å². The first kappa shape index (κ1) is 33.2. The Labute approximate surface area is 228 Å². The largest absolute Gasteiger partial charge is 0.256 e. The molecule has 0 amide bonds. The molecule has 0 fully saturated rings. The standard InChI is InChI=1S/C34H67N2/c1-4-7-10-13-16-18-21-24-27-30-35-32-33-36(31-28-25-22-19-17-14-11-8-5-2)34(35)29-26-23-20-15-12-9-6-3/h32-33H,4-31H2,1-3H3/q+1. The molecule has 0 spiro atoms. The summed E-state index contributed by atoms with van der Waals surface area (Å²) in [5.41, 5.74) is 0. The summed E-state index contributed by atoms with van der Waals surface area (Å²) in [6.45, 7) is 9.39. The Bertz CT molecular complexity index is 522. The maximum absolute atomic E-state index is 2.62. The minimum absolute atomic E-state index is 1.23. The van der Waals surface area contributed by atoms with Crippen molar-refractivity contribution in [1.29, 1.82) is 0 Å². The number of unbranched alkanes of at least 4 members (excludes halogenated alkanes) is 22. The molecule has 0 aromatic carbocycles. The van der Waals surface area contributed by atoms with Gasteiger partial charge in [0, 0.05) is 6.42 Å². The molecule has 0 N–H and O–H groups in total. The summed E-state index contributed by atoms with van der Waals surface area (Å²) in [5.74, 6) is 1.61. The Kier molecular flexibility index (Phi) is 23.9. The van der Waals surface area contributed by atoms with Gasteiger partial charge in [0.05, 0.1) is 13.1 Å². The van der Waals surface area contributed by atoms with Crippen LogP contribution in [0.15, 0.2) is 12.4 Å². The van der Waals surface area contributed by atoms with Crippen LogP contribution in [-0.2, 0) is 19.5 Å². The average molecular weight is 504 g/mol. The van der Waals surface area contributed by atoms with Gasteiger partial charge in [0.15, 0.2) is 0 Å². The molecule has 36 heavy (non-hydrogen) atoms. The van der Waals surface area contributed by atoms with E-state index in [1.54, 1.807) is 5.82 Å². The fourth-order valence-corrected chi connectivity index (χ4v) is 5.62. The number of imidazole rings is 1. The zero-order chi connectivity index (χ0) is 25.9. The van der Waals surface area contributed by atoms with Crippen molar-refractivity contribution in [3.8, 4) is 0 Å². The molecule has 0 aliphatic heterocycles. The van der Waals surface area contributed by atoms with Crippen LogP contribution in [0.3, 0.4) is 0 Å². The molecule has 1 aromatic heterocycles. The molecule has 0 atom stereocenters. The quantitative estimate of drug-likeness (QED) is 0.0794. The Morgan fingerprint density at radius 1 is 0.472 bits per heavy atom. The lowest BCUT2D eigenvalue weighted by Gasteiger charge is -2.07. The van der Waals surface area contributed by atoms with Gasteiger partial charge in [-0.3, -0.25) is 0 Å². The molecule has 2 nitrogen and oxygen atoms in total. The van der Waals surface area contributed by atoms with Gasteiger partial charge in [-0.1, -0.05) is 149 Å². The summed E-state index contributed by atoms with van der Waals surface area (Å²) in [6.07, 6.45) is 41.4. The predicted octanol–water partition coefficient (Wildman–Crippen LogP) is 11.1. The van der Waals surface area contributed by atoms with Gasteiger partial charge in [0.2, 0.25) is 0 Å². The van der Waals surface area contributed by atoms with Gasteiger partial charge in [-0.05, 0) is 32.1 Å². The van der Waals surface area contributed by atoms with Gasteiger partial charge < -0.3 is 0 Å². The number of hydrogen-bond donors (Lipinski definition) is 0. The molecule has 0 aliphatic carbocycles. The van der Waals surface area contributed by atoms with E-state index in [2.05, 4.69) is 42.3 Å². The first-order valence-electron chi connectivity index (χ1n) is 16.9. The van der Waals surface area contributed by atoms with E-state index in [1.807, 2.05) is 0 Å². The minimum atomic E-state index is 1.23. The molecular weight excluding hydrogens is 436 g/mol. The van der Waals surface area contributed by atoms with Gasteiger partial charge in [0.25, 0.3) is 5.82 Å². The first-order valence-corrected chi connectivity index (χ1v) is 16.9. The third-order valence-corrected chi connectivity index (χ3v) is 8.10. The van der Waals surface area contributed by atoms with Crippen LogP contribution in [0.1, 0.15) is 187 Å². The summed E-state index contributed by atoms with van der Waals surface area (Å²) < 4.78 is 5.23. The molecule has 0 unspecified atom stereocenters. The van der Waals surface area contributed by atoms with Gasteiger partial charge in [0.1, 0.15) is 12.4 Å². The molecule has 1 heterocycles. The minimum Gasteiger partial charge on any atom is -0.234 e. The summed E-state index contributed by atoms with van der Waals surface area (Å²) in [6, 6.07) is 0. The number of aromatic nitrogens is 2. The van der Waals surface area contributed by atoms with Crippen LogP contribution in [0.5, 0.6) is 0 Å². The molecule has 1 rings (SSSR count). The molecule has 212 valence electrons. The molecule has 0 radical (unpaired) electrons. The van der Waals surface area contributed by atoms with Crippen molar-refractivity contribution < 1.29 is 4.57 Å². The summed E-state index contributed by atoms with van der Waals surface area (Å²) in [5, 5.41) is 0. The molecular formula is C34H67N2+. The lowest BCUT2D eigenvalue weighted by molar-refractivity contribution is -0.704. The highest BCUT2D eigenvalue weighted by molar-refractivity contribution is 4.84. The average Bonchev–Trinajstić information content (AvgIpc) is 3.27. The Morgan fingerprint density at radius 3 is 1.33 bits per heavy atom. The van der Waals surface area contributed by atoms with Crippen LogP contribution in [0.2, 0.25) is 0 Å². The third kappa shape index (κ3) is 18.5. The molecule has 0 bridgehead atoms. The van der Waals surface area contributed by atoms with Crippen LogP contribution in [0, 0.1) is 0 Å². The second-order valence-electron chi connectivity index (χ2n) is 11.6. The van der Waals surface area contributed by atoms with Crippen molar-refractivity contribution in [2.24, 2.45) is 0 Å². The van der Waals surface area contributed by atoms with Gasteiger partial charge in [-0.15, -0.1) is 0 Å². The van der Waals surface area contributed by atoms with E-state index in [-0.39, 0.29) is 0 Å². The molecule has 0 saturated carbocycles. The van der Waals surface area contributed by atoms with E-state index in [1.165, 1.54) is 180 Å². The topological polar surface area (TPSA) is 8.81 Å². The number of nitrogens with zero attached hydrogens (tertiary/aromatic N) is 2. The van der Waals surface area contributed by atoms with E-state index in [0.717, 1.165) is 0 Å². The maximum atomic E-state index is 2.62. The molecule has 0 saturated heterocycles. The molecule has 0 aliphatic rings.